The Balaban J connectivity index is 2.05. The molecule has 1 aromatic carbocycles. The minimum absolute atomic E-state index is 0.271. The van der Waals surface area contributed by atoms with E-state index in [0.29, 0.717) is 16.5 Å². The minimum atomic E-state index is -0.277. The van der Waals surface area contributed by atoms with Gasteiger partial charge in [-0.3, -0.25) is 0 Å². The summed E-state index contributed by atoms with van der Waals surface area (Å²) in [6.45, 7) is 0. The van der Waals surface area contributed by atoms with E-state index >= 15 is 0 Å². The van der Waals surface area contributed by atoms with Crippen molar-refractivity contribution in [2.45, 2.75) is 44.6 Å². The Bertz CT molecular complexity index is 354. The predicted molar refractivity (Wildman–Crippen MR) is 69.5 cm³/mol. The zero-order chi connectivity index (χ0) is 12.3. The van der Waals surface area contributed by atoms with Crippen molar-refractivity contribution in [3.63, 3.8) is 0 Å². The van der Waals surface area contributed by atoms with Crippen LogP contribution in [0.2, 0.25) is 5.02 Å². The molecule has 17 heavy (non-hydrogen) atoms. The molecule has 2 N–H and O–H groups in total. The van der Waals surface area contributed by atoms with Gasteiger partial charge in [-0.1, -0.05) is 49.8 Å². The highest BCUT2D eigenvalue weighted by atomic mass is 35.5. The van der Waals surface area contributed by atoms with Crippen molar-refractivity contribution >= 4 is 11.6 Å². The SMILES string of the molecule is NC(CC1CCCCC1)c1c(F)cccc1Cl. The Hall–Kier alpha value is -0.600. The summed E-state index contributed by atoms with van der Waals surface area (Å²) in [5.41, 5.74) is 6.59. The second kappa shape index (κ2) is 5.83. The van der Waals surface area contributed by atoms with Gasteiger partial charge < -0.3 is 5.73 Å². The minimum Gasteiger partial charge on any atom is -0.324 e. The maximum atomic E-state index is 13.7. The molecule has 0 aromatic heterocycles. The summed E-state index contributed by atoms with van der Waals surface area (Å²) in [5.74, 6) is 0.357. The number of nitrogens with two attached hydrogens (primary N) is 1. The van der Waals surface area contributed by atoms with Gasteiger partial charge in [0.1, 0.15) is 5.82 Å². The van der Waals surface area contributed by atoms with Crippen molar-refractivity contribution in [2.24, 2.45) is 11.7 Å². The molecule has 1 aromatic rings. The van der Waals surface area contributed by atoms with E-state index in [4.69, 9.17) is 17.3 Å². The van der Waals surface area contributed by atoms with Gasteiger partial charge in [0.2, 0.25) is 0 Å². The standard InChI is InChI=1S/C14H19ClFN/c15-11-7-4-8-12(16)14(11)13(17)9-10-5-2-1-3-6-10/h4,7-8,10,13H,1-3,5-6,9,17H2. The summed E-state index contributed by atoms with van der Waals surface area (Å²) in [6, 6.07) is 4.49. The zero-order valence-corrected chi connectivity index (χ0v) is 10.7. The second-order valence-corrected chi connectivity index (χ2v) is 5.39. The van der Waals surface area contributed by atoms with Crippen molar-refractivity contribution in [1.82, 2.24) is 0 Å². The number of hydrogen-bond acceptors (Lipinski definition) is 1. The Morgan fingerprint density at radius 1 is 1.29 bits per heavy atom. The van der Waals surface area contributed by atoms with Crippen LogP contribution in [0.15, 0.2) is 18.2 Å². The van der Waals surface area contributed by atoms with Crippen LogP contribution in [0.4, 0.5) is 4.39 Å². The normalized spacial score (nSPS) is 19.2. The topological polar surface area (TPSA) is 26.0 Å². The molecule has 0 heterocycles. The highest BCUT2D eigenvalue weighted by molar-refractivity contribution is 6.31. The van der Waals surface area contributed by atoms with Crippen LogP contribution < -0.4 is 5.73 Å². The van der Waals surface area contributed by atoms with Gasteiger partial charge in [0.05, 0.1) is 0 Å². The lowest BCUT2D eigenvalue weighted by Crippen LogP contribution is -2.18. The van der Waals surface area contributed by atoms with Gasteiger partial charge in [0, 0.05) is 16.6 Å². The molecular weight excluding hydrogens is 237 g/mol. The summed E-state index contributed by atoms with van der Waals surface area (Å²) in [7, 11) is 0. The van der Waals surface area contributed by atoms with Gasteiger partial charge in [-0.2, -0.15) is 0 Å². The highest BCUT2D eigenvalue weighted by Gasteiger charge is 2.21. The average Bonchev–Trinajstić information content (AvgIpc) is 2.30. The van der Waals surface area contributed by atoms with Crippen molar-refractivity contribution in [3.8, 4) is 0 Å². The van der Waals surface area contributed by atoms with Crippen LogP contribution in [-0.4, -0.2) is 0 Å². The first-order valence-electron chi connectivity index (χ1n) is 6.38. The van der Waals surface area contributed by atoms with Crippen LogP contribution in [0.1, 0.15) is 50.1 Å². The van der Waals surface area contributed by atoms with E-state index in [9.17, 15) is 4.39 Å². The number of halogens is 2. The molecule has 2 rings (SSSR count). The monoisotopic (exact) mass is 255 g/mol. The Morgan fingerprint density at radius 2 is 2.00 bits per heavy atom. The molecular formula is C14H19ClFN. The van der Waals surface area contributed by atoms with Crippen LogP contribution in [-0.2, 0) is 0 Å². The smallest absolute Gasteiger partial charge is 0.129 e. The first-order chi connectivity index (χ1) is 8.18. The van der Waals surface area contributed by atoms with E-state index in [1.165, 1.54) is 38.2 Å². The quantitative estimate of drug-likeness (QED) is 0.849. The zero-order valence-electron chi connectivity index (χ0n) is 9.96. The van der Waals surface area contributed by atoms with E-state index in [1.54, 1.807) is 12.1 Å². The Morgan fingerprint density at radius 3 is 2.65 bits per heavy atom. The van der Waals surface area contributed by atoms with Gasteiger partial charge in [0.15, 0.2) is 0 Å². The molecule has 0 spiro atoms. The van der Waals surface area contributed by atoms with Crippen LogP contribution in [0.3, 0.4) is 0 Å². The molecule has 0 amide bonds. The molecule has 1 unspecified atom stereocenters. The lowest BCUT2D eigenvalue weighted by Gasteiger charge is -2.25. The number of hydrogen-bond donors (Lipinski definition) is 1. The average molecular weight is 256 g/mol. The number of benzene rings is 1. The molecule has 1 aliphatic rings. The van der Waals surface area contributed by atoms with E-state index in [0.717, 1.165) is 6.42 Å². The van der Waals surface area contributed by atoms with E-state index < -0.39 is 0 Å². The molecule has 0 saturated heterocycles. The highest BCUT2D eigenvalue weighted by Crippen LogP contribution is 2.33. The van der Waals surface area contributed by atoms with Crippen molar-refractivity contribution in [1.29, 1.82) is 0 Å². The molecule has 0 radical (unpaired) electrons. The van der Waals surface area contributed by atoms with Crippen LogP contribution in [0.25, 0.3) is 0 Å². The lowest BCUT2D eigenvalue weighted by atomic mass is 9.83. The molecule has 1 fully saturated rings. The van der Waals surface area contributed by atoms with Crippen LogP contribution in [0, 0.1) is 11.7 Å². The Labute approximate surface area is 107 Å². The summed E-state index contributed by atoms with van der Waals surface area (Å²) < 4.78 is 13.7. The van der Waals surface area contributed by atoms with Gasteiger partial charge in [-0.15, -0.1) is 0 Å². The first kappa shape index (κ1) is 12.8. The molecule has 94 valence electrons. The lowest BCUT2D eigenvalue weighted by molar-refractivity contribution is 0.317. The summed E-state index contributed by atoms with van der Waals surface area (Å²) in [4.78, 5) is 0. The van der Waals surface area contributed by atoms with Crippen molar-refractivity contribution in [3.05, 3.63) is 34.6 Å². The largest absolute Gasteiger partial charge is 0.324 e. The van der Waals surface area contributed by atoms with Gasteiger partial charge in [0.25, 0.3) is 0 Å². The van der Waals surface area contributed by atoms with Crippen LogP contribution >= 0.6 is 11.6 Å². The molecule has 1 aliphatic carbocycles. The third-order valence-corrected chi connectivity index (χ3v) is 4.01. The maximum Gasteiger partial charge on any atom is 0.129 e. The molecule has 0 aliphatic heterocycles. The summed E-state index contributed by atoms with van der Waals surface area (Å²) in [6.07, 6.45) is 7.18. The molecule has 3 heteroatoms. The molecule has 1 nitrogen and oxygen atoms in total. The fourth-order valence-electron chi connectivity index (χ4n) is 2.76. The third kappa shape index (κ3) is 3.20. The summed E-state index contributed by atoms with van der Waals surface area (Å²) >= 11 is 6.02. The van der Waals surface area contributed by atoms with Gasteiger partial charge in [-0.25, -0.2) is 4.39 Å². The molecule has 1 saturated carbocycles. The third-order valence-electron chi connectivity index (χ3n) is 3.68. The van der Waals surface area contributed by atoms with E-state index in [1.807, 2.05) is 0 Å². The fourth-order valence-corrected chi connectivity index (χ4v) is 3.07. The maximum absolute atomic E-state index is 13.7. The first-order valence-corrected chi connectivity index (χ1v) is 6.75. The van der Waals surface area contributed by atoms with Gasteiger partial charge >= 0.3 is 0 Å². The second-order valence-electron chi connectivity index (χ2n) is 4.98. The van der Waals surface area contributed by atoms with E-state index in [-0.39, 0.29) is 11.9 Å². The summed E-state index contributed by atoms with van der Waals surface area (Å²) in [5, 5.41) is 0.452. The number of rotatable bonds is 3. The van der Waals surface area contributed by atoms with E-state index in [2.05, 4.69) is 0 Å². The van der Waals surface area contributed by atoms with Gasteiger partial charge in [-0.05, 0) is 24.5 Å². The van der Waals surface area contributed by atoms with Crippen molar-refractivity contribution < 1.29 is 4.39 Å². The molecule has 1 atom stereocenters. The van der Waals surface area contributed by atoms with Crippen molar-refractivity contribution in [2.75, 3.05) is 0 Å². The van der Waals surface area contributed by atoms with Crippen LogP contribution in [0.5, 0.6) is 0 Å². The Kier molecular flexibility index (Phi) is 4.41. The predicted octanol–water partition coefficient (Wildman–Crippen LogP) is 4.45. The fraction of sp³-hybridized carbons (Fsp3) is 0.571. The molecule has 0 bridgehead atoms.